The van der Waals surface area contributed by atoms with E-state index < -0.39 is 0 Å². The first-order chi connectivity index (χ1) is 9.25. The molecule has 19 heavy (non-hydrogen) atoms. The number of nitrogens with one attached hydrogen (secondary N) is 1. The van der Waals surface area contributed by atoms with Gasteiger partial charge < -0.3 is 19.9 Å². The van der Waals surface area contributed by atoms with Crippen LogP contribution in [0.5, 0.6) is 0 Å². The van der Waals surface area contributed by atoms with E-state index in [9.17, 15) is 0 Å². The molecule has 0 aromatic heterocycles. The molecule has 0 amide bonds. The summed E-state index contributed by atoms with van der Waals surface area (Å²) in [4.78, 5) is 4.98. The fourth-order valence-electron chi connectivity index (χ4n) is 3.21. The van der Waals surface area contributed by atoms with Crippen LogP contribution in [-0.4, -0.2) is 75.4 Å². The number of piperidine rings is 2. The van der Waals surface area contributed by atoms with E-state index >= 15 is 0 Å². The molecule has 0 radical (unpaired) electrons. The first-order valence-corrected chi connectivity index (χ1v) is 7.97. The van der Waals surface area contributed by atoms with E-state index in [-0.39, 0.29) is 0 Å². The van der Waals surface area contributed by atoms with E-state index in [1.807, 2.05) is 0 Å². The highest BCUT2D eigenvalue weighted by atomic mass is 16.5. The molecule has 0 aromatic rings. The van der Waals surface area contributed by atoms with Gasteiger partial charge >= 0.3 is 0 Å². The van der Waals surface area contributed by atoms with Crippen LogP contribution in [0, 0.1) is 0 Å². The van der Waals surface area contributed by atoms with Crippen molar-refractivity contribution in [3.63, 3.8) is 0 Å². The molecule has 1 atom stereocenters. The minimum absolute atomic E-state index is 0.507. The molecule has 2 fully saturated rings. The lowest BCUT2D eigenvalue weighted by molar-refractivity contribution is 0.0254. The summed E-state index contributed by atoms with van der Waals surface area (Å²) in [5, 5.41) is 3.38. The van der Waals surface area contributed by atoms with Gasteiger partial charge in [0.15, 0.2) is 0 Å². The Bertz CT molecular complexity index is 244. The Labute approximate surface area is 118 Å². The highest BCUT2D eigenvalue weighted by Crippen LogP contribution is 2.14. The van der Waals surface area contributed by atoms with Crippen LogP contribution in [-0.2, 0) is 4.74 Å². The molecule has 4 nitrogen and oxygen atoms in total. The summed E-state index contributed by atoms with van der Waals surface area (Å²) >= 11 is 0. The summed E-state index contributed by atoms with van der Waals surface area (Å²) in [5.41, 5.74) is 0. The van der Waals surface area contributed by atoms with Gasteiger partial charge in [-0.15, -0.1) is 0 Å². The number of rotatable bonds is 6. The Hall–Kier alpha value is -0.160. The minimum atomic E-state index is 0.507. The van der Waals surface area contributed by atoms with Gasteiger partial charge in [0, 0.05) is 25.7 Å². The highest BCUT2D eigenvalue weighted by molar-refractivity contribution is 4.77. The molecule has 1 N–H and O–H groups in total. The molecule has 0 aliphatic carbocycles. The van der Waals surface area contributed by atoms with Crippen molar-refractivity contribution in [2.24, 2.45) is 0 Å². The van der Waals surface area contributed by atoms with E-state index in [0.29, 0.717) is 6.10 Å². The van der Waals surface area contributed by atoms with E-state index in [0.717, 1.165) is 25.7 Å². The largest absolute Gasteiger partial charge is 0.378 e. The zero-order chi connectivity index (χ0) is 13.5. The van der Waals surface area contributed by atoms with Gasteiger partial charge in [-0.1, -0.05) is 0 Å². The van der Waals surface area contributed by atoms with E-state index in [1.165, 1.54) is 51.7 Å². The normalized spacial score (nSPS) is 27.0. The predicted octanol–water partition coefficient (Wildman–Crippen LogP) is 1.17. The molecular weight excluding hydrogens is 238 g/mol. The molecule has 0 bridgehead atoms. The van der Waals surface area contributed by atoms with Crippen molar-refractivity contribution in [3.05, 3.63) is 0 Å². The maximum atomic E-state index is 5.96. The molecule has 2 heterocycles. The van der Waals surface area contributed by atoms with Crippen LogP contribution in [0.4, 0.5) is 0 Å². The molecule has 0 spiro atoms. The van der Waals surface area contributed by atoms with Crippen LogP contribution in [0.1, 0.15) is 32.1 Å². The topological polar surface area (TPSA) is 27.7 Å². The van der Waals surface area contributed by atoms with E-state index in [2.05, 4.69) is 29.2 Å². The third kappa shape index (κ3) is 5.38. The van der Waals surface area contributed by atoms with Gasteiger partial charge in [0.1, 0.15) is 0 Å². The van der Waals surface area contributed by atoms with Gasteiger partial charge in [0.25, 0.3) is 0 Å². The number of likely N-dealkylation sites (N-methyl/N-ethyl adjacent to an activating group) is 2. The molecule has 1 unspecified atom stereocenters. The Morgan fingerprint density at radius 3 is 2.79 bits per heavy atom. The summed E-state index contributed by atoms with van der Waals surface area (Å²) in [7, 11) is 4.51. The van der Waals surface area contributed by atoms with Gasteiger partial charge in [-0.2, -0.15) is 0 Å². The summed E-state index contributed by atoms with van der Waals surface area (Å²) in [6, 6.07) is 0.748. The van der Waals surface area contributed by atoms with Crippen LogP contribution in [0.15, 0.2) is 0 Å². The monoisotopic (exact) mass is 269 g/mol. The number of nitrogens with zero attached hydrogens (tertiary/aromatic N) is 2. The molecular formula is C15H31N3O. The van der Waals surface area contributed by atoms with Crippen molar-refractivity contribution < 1.29 is 4.74 Å². The molecule has 2 aliphatic rings. The molecule has 2 saturated heterocycles. The maximum Gasteiger partial charge on any atom is 0.0599 e. The fraction of sp³-hybridized carbons (Fsp3) is 1.00. The maximum absolute atomic E-state index is 5.96. The minimum Gasteiger partial charge on any atom is -0.378 e. The number of hydrogen-bond acceptors (Lipinski definition) is 4. The third-order valence-corrected chi connectivity index (χ3v) is 4.52. The van der Waals surface area contributed by atoms with Crippen molar-refractivity contribution >= 4 is 0 Å². The van der Waals surface area contributed by atoms with E-state index in [4.69, 9.17) is 4.74 Å². The Balaban J connectivity index is 1.54. The standard InChI is InChI=1S/C15H31N3O/c1-17-10-3-5-14(13-17)18(2)11-4-12-19-15-6-8-16-9-7-15/h14-16H,3-13H2,1-2H3. The smallest absolute Gasteiger partial charge is 0.0599 e. The lowest BCUT2D eigenvalue weighted by atomic mass is 10.1. The zero-order valence-electron chi connectivity index (χ0n) is 12.7. The SMILES string of the molecule is CN1CCCC(N(C)CCCOC2CCNCC2)C1. The number of likely N-dealkylation sites (tertiary alicyclic amines) is 1. The molecule has 2 rings (SSSR count). The molecule has 112 valence electrons. The number of hydrogen-bond donors (Lipinski definition) is 1. The van der Waals surface area contributed by atoms with Crippen LogP contribution in [0.2, 0.25) is 0 Å². The predicted molar refractivity (Wildman–Crippen MR) is 79.6 cm³/mol. The Kier molecular flexibility index (Phi) is 6.57. The van der Waals surface area contributed by atoms with Gasteiger partial charge in [-0.25, -0.2) is 0 Å². The molecule has 0 aromatic carbocycles. The van der Waals surface area contributed by atoms with Crippen molar-refractivity contribution in [1.82, 2.24) is 15.1 Å². The summed E-state index contributed by atoms with van der Waals surface area (Å²) < 4.78 is 5.96. The second-order valence-corrected chi connectivity index (χ2v) is 6.21. The second-order valence-electron chi connectivity index (χ2n) is 6.21. The lowest BCUT2D eigenvalue weighted by Crippen LogP contribution is -2.45. The van der Waals surface area contributed by atoms with Gasteiger partial charge in [0.05, 0.1) is 6.10 Å². The summed E-state index contributed by atoms with van der Waals surface area (Å²) in [6.07, 6.45) is 6.74. The third-order valence-electron chi connectivity index (χ3n) is 4.52. The zero-order valence-corrected chi connectivity index (χ0v) is 12.7. The van der Waals surface area contributed by atoms with Gasteiger partial charge in [-0.3, -0.25) is 0 Å². The molecule has 0 saturated carbocycles. The van der Waals surface area contributed by atoms with Gasteiger partial charge in [0.2, 0.25) is 0 Å². The van der Waals surface area contributed by atoms with Crippen LogP contribution >= 0.6 is 0 Å². The van der Waals surface area contributed by atoms with Crippen LogP contribution in [0.3, 0.4) is 0 Å². The average molecular weight is 269 g/mol. The van der Waals surface area contributed by atoms with Crippen molar-refractivity contribution in [1.29, 1.82) is 0 Å². The van der Waals surface area contributed by atoms with Crippen molar-refractivity contribution in [2.75, 3.05) is 53.4 Å². The van der Waals surface area contributed by atoms with Crippen molar-refractivity contribution in [3.8, 4) is 0 Å². The Morgan fingerprint density at radius 2 is 2.05 bits per heavy atom. The molecule has 4 heteroatoms. The van der Waals surface area contributed by atoms with E-state index in [1.54, 1.807) is 0 Å². The van der Waals surface area contributed by atoms with Crippen LogP contribution in [0.25, 0.3) is 0 Å². The van der Waals surface area contributed by atoms with Crippen LogP contribution < -0.4 is 5.32 Å². The average Bonchev–Trinajstić information content (AvgIpc) is 2.44. The lowest BCUT2D eigenvalue weighted by Gasteiger charge is -2.36. The highest BCUT2D eigenvalue weighted by Gasteiger charge is 2.20. The summed E-state index contributed by atoms with van der Waals surface area (Å²) in [5.74, 6) is 0. The second kappa shape index (κ2) is 8.20. The number of ether oxygens (including phenoxy) is 1. The fourth-order valence-corrected chi connectivity index (χ4v) is 3.21. The quantitative estimate of drug-likeness (QED) is 0.733. The van der Waals surface area contributed by atoms with Gasteiger partial charge in [-0.05, 0) is 65.8 Å². The first kappa shape index (κ1) is 15.2. The molecule has 2 aliphatic heterocycles. The Morgan fingerprint density at radius 1 is 1.26 bits per heavy atom. The summed E-state index contributed by atoms with van der Waals surface area (Å²) in [6.45, 7) is 6.84. The first-order valence-electron chi connectivity index (χ1n) is 7.97. The van der Waals surface area contributed by atoms with Crippen molar-refractivity contribution in [2.45, 2.75) is 44.2 Å².